The van der Waals surface area contributed by atoms with E-state index in [1.165, 1.54) is 0 Å². The van der Waals surface area contributed by atoms with Crippen molar-refractivity contribution in [3.63, 3.8) is 0 Å². The lowest BCUT2D eigenvalue weighted by molar-refractivity contribution is -0.143. The van der Waals surface area contributed by atoms with Crippen molar-refractivity contribution in [3.05, 3.63) is 47.9 Å². The number of carbonyl (C=O) groups excluding carboxylic acids is 1. The van der Waals surface area contributed by atoms with E-state index < -0.39 is 5.97 Å². The number of aliphatic hydroxyl groups excluding tert-OH is 1. The molecule has 0 fully saturated rings. The van der Waals surface area contributed by atoms with Crippen LogP contribution >= 0.6 is 0 Å². The molecule has 0 saturated carbocycles. The highest BCUT2D eigenvalue weighted by molar-refractivity contribution is 5.85. The number of benzene rings is 1. The van der Waals surface area contributed by atoms with Crippen LogP contribution in [0.3, 0.4) is 0 Å². The minimum absolute atomic E-state index is 0.189. The summed E-state index contributed by atoms with van der Waals surface area (Å²) in [5.74, 6) is -0.855. The molecule has 1 N–H and O–H groups in total. The van der Waals surface area contributed by atoms with Crippen molar-refractivity contribution < 1.29 is 19.4 Å². The molecule has 0 aliphatic carbocycles. The Kier molecular flexibility index (Phi) is 4.92. The van der Waals surface area contributed by atoms with Crippen LogP contribution in [0.2, 0.25) is 0 Å². The fraction of sp³-hybridized carbons (Fsp3) is 0.250. The number of hydrogen-bond donors (Lipinski definition) is 1. The van der Waals surface area contributed by atoms with E-state index in [9.17, 15) is 4.79 Å². The van der Waals surface area contributed by atoms with Crippen LogP contribution in [-0.4, -0.2) is 17.7 Å². The Morgan fingerprint density at radius 3 is 2.56 bits per heavy atom. The van der Waals surface area contributed by atoms with Gasteiger partial charge in [-0.3, -0.25) is 0 Å². The Morgan fingerprint density at radius 1 is 1.31 bits per heavy atom. The predicted molar refractivity (Wildman–Crippen MR) is 58.6 cm³/mol. The second-order valence-electron chi connectivity index (χ2n) is 2.99. The first kappa shape index (κ1) is 12.1. The quantitative estimate of drug-likeness (QED) is 0.471. The molecule has 0 aliphatic rings. The third kappa shape index (κ3) is 3.65. The van der Waals surface area contributed by atoms with Gasteiger partial charge in [-0.2, -0.15) is 0 Å². The molecule has 1 aromatic rings. The average molecular weight is 222 g/mol. The number of ether oxygens (including phenoxy) is 2. The van der Waals surface area contributed by atoms with Gasteiger partial charge in [-0.15, -0.1) is 0 Å². The molecule has 0 atom stereocenters. The monoisotopic (exact) mass is 222 g/mol. The maximum absolute atomic E-state index is 11.2. The zero-order chi connectivity index (χ0) is 11.8. The average Bonchev–Trinajstić information content (AvgIpc) is 2.31. The Labute approximate surface area is 94.1 Å². The van der Waals surface area contributed by atoms with Crippen LogP contribution in [0.4, 0.5) is 0 Å². The highest BCUT2D eigenvalue weighted by Crippen LogP contribution is 2.06. The van der Waals surface area contributed by atoms with Crippen molar-refractivity contribution in [2.45, 2.75) is 13.5 Å². The van der Waals surface area contributed by atoms with E-state index in [4.69, 9.17) is 14.6 Å². The van der Waals surface area contributed by atoms with Crippen LogP contribution in [0.25, 0.3) is 0 Å². The molecule has 4 heteroatoms. The molecule has 0 radical (unpaired) electrons. The molecule has 86 valence electrons. The molecular weight excluding hydrogens is 208 g/mol. The molecule has 0 unspecified atom stereocenters. The van der Waals surface area contributed by atoms with Crippen molar-refractivity contribution in [2.24, 2.45) is 0 Å². The zero-order valence-electron chi connectivity index (χ0n) is 9.05. The standard InChI is InChI=1S/C12H14O4/c1-2-15-12(14)11(8-13)16-9-10-6-4-3-5-7-10/h3-8,13H,2,9H2,1H3/b11-8+. The van der Waals surface area contributed by atoms with Gasteiger partial charge in [0.1, 0.15) is 12.9 Å². The topological polar surface area (TPSA) is 55.8 Å². The molecule has 1 rings (SSSR count). The fourth-order valence-electron chi connectivity index (χ4n) is 1.09. The van der Waals surface area contributed by atoms with Gasteiger partial charge in [-0.05, 0) is 12.5 Å². The van der Waals surface area contributed by atoms with Gasteiger partial charge in [0, 0.05) is 0 Å². The van der Waals surface area contributed by atoms with Crippen molar-refractivity contribution in [2.75, 3.05) is 6.61 Å². The van der Waals surface area contributed by atoms with Crippen molar-refractivity contribution in [1.29, 1.82) is 0 Å². The van der Waals surface area contributed by atoms with E-state index in [1.807, 2.05) is 30.3 Å². The first-order valence-corrected chi connectivity index (χ1v) is 4.96. The van der Waals surface area contributed by atoms with Crippen LogP contribution < -0.4 is 0 Å². The number of aliphatic hydroxyl groups is 1. The Bertz CT molecular complexity index is 357. The Balaban J connectivity index is 2.50. The largest absolute Gasteiger partial charge is 0.511 e. The molecule has 0 aromatic heterocycles. The van der Waals surface area contributed by atoms with Gasteiger partial charge >= 0.3 is 5.97 Å². The van der Waals surface area contributed by atoms with Crippen LogP contribution in [-0.2, 0) is 20.9 Å². The number of carbonyl (C=O) groups is 1. The predicted octanol–water partition coefficient (Wildman–Crippen LogP) is 2.17. The highest BCUT2D eigenvalue weighted by atomic mass is 16.6. The van der Waals surface area contributed by atoms with Gasteiger partial charge in [0.15, 0.2) is 0 Å². The summed E-state index contributed by atoms with van der Waals surface area (Å²) in [6.45, 7) is 2.14. The summed E-state index contributed by atoms with van der Waals surface area (Å²) in [6.07, 6.45) is 0.612. The number of esters is 1. The maximum Gasteiger partial charge on any atom is 0.376 e. The van der Waals surface area contributed by atoms with Crippen molar-refractivity contribution >= 4 is 5.97 Å². The van der Waals surface area contributed by atoms with Crippen LogP contribution in [0.15, 0.2) is 42.4 Å². The first-order valence-electron chi connectivity index (χ1n) is 4.96. The smallest absolute Gasteiger partial charge is 0.376 e. The molecule has 0 amide bonds. The number of rotatable bonds is 5. The summed E-state index contributed by atoms with van der Waals surface area (Å²) in [5, 5.41) is 8.81. The van der Waals surface area contributed by atoms with E-state index in [0.29, 0.717) is 6.26 Å². The molecule has 16 heavy (non-hydrogen) atoms. The van der Waals surface area contributed by atoms with Gasteiger partial charge in [-0.1, -0.05) is 30.3 Å². The molecule has 0 bridgehead atoms. The van der Waals surface area contributed by atoms with E-state index in [-0.39, 0.29) is 19.0 Å². The van der Waals surface area contributed by atoms with E-state index in [1.54, 1.807) is 6.92 Å². The van der Waals surface area contributed by atoms with Gasteiger partial charge in [0.2, 0.25) is 5.76 Å². The van der Waals surface area contributed by atoms with Crippen LogP contribution in [0.1, 0.15) is 12.5 Å². The summed E-state index contributed by atoms with van der Waals surface area (Å²) >= 11 is 0. The Morgan fingerprint density at radius 2 is 2.00 bits per heavy atom. The highest BCUT2D eigenvalue weighted by Gasteiger charge is 2.12. The van der Waals surface area contributed by atoms with E-state index >= 15 is 0 Å². The maximum atomic E-state index is 11.2. The summed E-state index contributed by atoms with van der Waals surface area (Å²) in [7, 11) is 0. The normalized spacial score (nSPS) is 10.9. The van der Waals surface area contributed by atoms with Gasteiger partial charge in [0.25, 0.3) is 0 Å². The van der Waals surface area contributed by atoms with Gasteiger partial charge < -0.3 is 14.6 Å². The summed E-state index contributed by atoms with van der Waals surface area (Å²) in [6, 6.07) is 9.34. The van der Waals surface area contributed by atoms with Gasteiger partial charge in [-0.25, -0.2) is 4.79 Å². The molecule has 4 nitrogen and oxygen atoms in total. The minimum atomic E-state index is -0.666. The first-order chi connectivity index (χ1) is 7.77. The third-order valence-electron chi connectivity index (χ3n) is 1.83. The molecule has 0 aliphatic heterocycles. The molecular formula is C12H14O4. The molecule has 0 saturated heterocycles. The zero-order valence-corrected chi connectivity index (χ0v) is 9.05. The van der Waals surface area contributed by atoms with Gasteiger partial charge in [0.05, 0.1) is 6.61 Å². The SMILES string of the molecule is CCOC(=O)/C(=C\O)OCc1ccccc1. The molecule has 0 spiro atoms. The van der Waals surface area contributed by atoms with Crippen molar-refractivity contribution in [3.8, 4) is 0 Å². The van der Waals surface area contributed by atoms with Crippen LogP contribution in [0.5, 0.6) is 0 Å². The summed E-state index contributed by atoms with van der Waals surface area (Å²) in [5.41, 5.74) is 0.908. The Hall–Kier alpha value is -1.97. The lowest BCUT2D eigenvalue weighted by Crippen LogP contribution is -2.10. The lowest BCUT2D eigenvalue weighted by atomic mass is 10.2. The fourth-order valence-corrected chi connectivity index (χ4v) is 1.09. The van der Waals surface area contributed by atoms with Crippen molar-refractivity contribution in [1.82, 2.24) is 0 Å². The summed E-state index contributed by atoms with van der Waals surface area (Å²) < 4.78 is 9.82. The molecule has 1 aromatic carbocycles. The minimum Gasteiger partial charge on any atom is -0.511 e. The van der Waals surface area contributed by atoms with E-state index in [2.05, 4.69) is 0 Å². The van der Waals surface area contributed by atoms with E-state index in [0.717, 1.165) is 5.56 Å². The lowest BCUT2D eigenvalue weighted by Gasteiger charge is -2.08. The summed E-state index contributed by atoms with van der Waals surface area (Å²) in [4.78, 5) is 11.2. The van der Waals surface area contributed by atoms with Crippen LogP contribution in [0, 0.1) is 0 Å². The second kappa shape index (κ2) is 6.50. The molecule has 0 heterocycles. The second-order valence-corrected chi connectivity index (χ2v) is 2.99. The number of hydrogen-bond acceptors (Lipinski definition) is 4. The third-order valence-corrected chi connectivity index (χ3v) is 1.83.